The van der Waals surface area contributed by atoms with Gasteiger partial charge in [-0.1, -0.05) is 17.7 Å². The Morgan fingerprint density at radius 1 is 1.23 bits per heavy atom. The van der Waals surface area contributed by atoms with Crippen molar-refractivity contribution < 1.29 is 9.59 Å². The third kappa shape index (κ3) is 4.11. The Morgan fingerprint density at radius 2 is 1.91 bits per heavy atom. The summed E-state index contributed by atoms with van der Waals surface area (Å²) in [6.07, 6.45) is 0. The lowest BCUT2D eigenvalue weighted by Gasteiger charge is -2.38. The van der Waals surface area contributed by atoms with Crippen molar-refractivity contribution in [1.29, 1.82) is 0 Å². The van der Waals surface area contributed by atoms with Crippen LogP contribution >= 0.6 is 11.6 Å². The van der Waals surface area contributed by atoms with E-state index >= 15 is 0 Å². The highest BCUT2D eigenvalue weighted by atomic mass is 35.5. The number of urea groups is 1. The van der Waals surface area contributed by atoms with Crippen LogP contribution in [0.1, 0.15) is 6.92 Å². The molecule has 120 valence electrons. The lowest BCUT2D eigenvalue weighted by molar-refractivity contribution is -0.124. The predicted molar refractivity (Wildman–Crippen MR) is 87.3 cm³/mol. The molecule has 1 saturated heterocycles. The highest BCUT2D eigenvalue weighted by Gasteiger charge is 2.26. The van der Waals surface area contributed by atoms with Gasteiger partial charge in [-0.3, -0.25) is 15.0 Å². The zero-order valence-corrected chi connectivity index (χ0v) is 13.6. The van der Waals surface area contributed by atoms with Crippen LogP contribution in [0.25, 0.3) is 0 Å². The molecule has 2 N–H and O–H groups in total. The average molecular weight is 325 g/mol. The van der Waals surface area contributed by atoms with Gasteiger partial charge in [-0.05, 0) is 25.1 Å². The molecule has 1 heterocycles. The molecule has 6 nitrogen and oxygen atoms in total. The Labute approximate surface area is 135 Å². The van der Waals surface area contributed by atoms with Crippen molar-refractivity contribution in [2.75, 3.05) is 38.1 Å². The Bertz CT molecular complexity index is 544. The molecular weight excluding hydrogens is 304 g/mol. The molecule has 0 saturated carbocycles. The second kappa shape index (κ2) is 7.47. The van der Waals surface area contributed by atoms with Crippen LogP contribution in [0, 0.1) is 0 Å². The average Bonchev–Trinajstić information content (AvgIpc) is 2.54. The summed E-state index contributed by atoms with van der Waals surface area (Å²) in [5, 5.41) is 5.41. The fourth-order valence-corrected chi connectivity index (χ4v) is 2.67. The van der Waals surface area contributed by atoms with Crippen molar-refractivity contribution in [3.8, 4) is 0 Å². The van der Waals surface area contributed by atoms with Crippen LogP contribution < -0.4 is 15.5 Å². The number of imide groups is 1. The minimum atomic E-state index is -0.477. The summed E-state index contributed by atoms with van der Waals surface area (Å²) >= 11 is 6.02. The van der Waals surface area contributed by atoms with Crippen molar-refractivity contribution in [1.82, 2.24) is 15.5 Å². The van der Waals surface area contributed by atoms with E-state index in [0.29, 0.717) is 0 Å². The smallest absolute Gasteiger partial charge is 0.321 e. The molecule has 1 atom stereocenters. The van der Waals surface area contributed by atoms with Crippen molar-refractivity contribution in [2.24, 2.45) is 0 Å². The fourth-order valence-electron chi connectivity index (χ4n) is 2.48. The van der Waals surface area contributed by atoms with Crippen molar-refractivity contribution >= 4 is 29.2 Å². The molecule has 1 aliphatic rings. The second-order valence-corrected chi connectivity index (χ2v) is 5.68. The monoisotopic (exact) mass is 324 g/mol. The van der Waals surface area contributed by atoms with E-state index < -0.39 is 6.03 Å². The van der Waals surface area contributed by atoms with Gasteiger partial charge in [0.25, 0.3) is 0 Å². The largest absolute Gasteiger partial charge is 0.369 e. The lowest BCUT2D eigenvalue weighted by atomic mass is 10.2. The quantitative estimate of drug-likeness (QED) is 0.880. The Kier molecular flexibility index (Phi) is 5.63. The number of anilines is 1. The fraction of sp³-hybridized carbons (Fsp3) is 0.467. The van der Waals surface area contributed by atoms with Crippen molar-refractivity contribution in [2.45, 2.75) is 13.0 Å². The Morgan fingerprint density at radius 3 is 2.50 bits per heavy atom. The normalized spacial score (nSPS) is 17.0. The molecule has 0 radical (unpaired) electrons. The van der Waals surface area contributed by atoms with Gasteiger partial charge in [0.1, 0.15) is 0 Å². The van der Waals surface area contributed by atoms with E-state index in [1.807, 2.05) is 31.2 Å². The van der Waals surface area contributed by atoms with Gasteiger partial charge in [-0.25, -0.2) is 4.79 Å². The van der Waals surface area contributed by atoms with Gasteiger partial charge in [0.05, 0.1) is 6.04 Å². The number of halogens is 1. The van der Waals surface area contributed by atoms with Crippen molar-refractivity contribution in [3.63, 3.8) is 0 Å². The number of carbonyl (C=O) groups excluding carboxylic acids is 2. The van der Waals surface area contributed by atoms with Gasteiger partial charge < -0.3 is 10.2 Å². The van der Waals surface area contributed by atoms with E-state index in [0.717, 1.165) is 36.9 Å². The Hall–Kier alpha value is -1.79. The number of hydrogen-bond donors (Lipinski definition) is 2. The zero-order valence-electron chi connectivity index (χ0n) is 12.8. The van der Waals surface area contributed by atoms with Gasteiger partial charge in [0.2, 0.25) is 5.91 Å². The minimum absolute atomic E-state index is 0.282. The summed E-state index contributed by atoms with van der Waals surface area (Å²) in [6.45, 7) is 4.97. The molecule has 0 aromatic heterocycles. The molecule has 0 aliphatic carbocycles. The van der Waals surface area contributed by atoms with Gasteiger partial charge in [0.15, 0.2) is 0 Å². The van der Waals surface area contributed by atoms with Gasteiger partial charge in [0, 0.05) is 43.9 Å². The summed E-state index contributed by atoms with van der Waals surface area (Å²) < 4.78 is 0. The standard InChI is InChI=1S/C15H21ClN4O2/c1-11(14(21)18-15(22)17-2)19-6-8-20(9-7-19)13-5-3-4-12(16)10-13/h3-5,10-11H,6-9H2,1-2H3,(H2,17,18,21,22)/t11-/m1/s1. The number of nitrogens with zero attached hydrogens (tertiary/aromatic N) is 2. The van der Waals surface area contributed by atoms with Crippen LogP contribution in [0.5, 0.6) is 0 Å². The molecule has 1 aromatic rings. The number of piperazine rings is 1. The molecule has 0 spiro atoms. The van der Waals surface area contributed by atoms with E-state index in [1.165, 1.54) is 7.05 Å². The SMILES string of the molecule is CNC(=O)NC(=O)[C@@H](C)N1CCN(c2cccc(Cl)c2)CC1. The van der Waals surface area contributed by atoms with Gasteiger partial charge >= 0.3 is 6.03 Å². The molecule has 2 rings (SSSR count). The topological polar surface area (TPSA) is 64.7 Å². The van der Waals surface area contributed by atoms with E-state index in [4.69, 9.17) is 11.6 Å². The Balaban J connectivity index is 1.89. The maximum atomic E-state index is 12.0. The highest BCUT2D eigenvalue weighted by molar-refractivity contribution is 6.30. The van der Waals surface area contributed by atoms with Crippen LogP contribution in [0.4, 0.5) is 10.5 Å². The van der Waals surface area contributed by atoms with Crippen molar-refractivity contribution in [3.05, 3.63) is 29.3 Å². The molecule has 22 heavy (non-hydrogen) atoms. The predicted octanol–water partition coefficient (Wildman–Crippen LogP) is 1.31. The molecule has 7 heteroatoms. The lowest BCUT2D eigenvalue weighted by Crippen LogP contribution is -2.55. The van der Waals surface area contributed by atoms with Crippen LogP contribution in [0.3, 0.4) is 0 Å². The van der Waals surface area contributed by atoms with Gasteiger partial charge in [-0.15, -0.1) is 0 Å². The highest BCUT2D eigenvalue weighted by Crippen LogP contribution is 2.21. The maximum absolute atomic E-state index is 12.0. The first kappa shape index (κ1) is 16.6. The molecule has 1 aliphatic heterocycles. The molecule has 1 aromatic carbocycles. The van der Waals surface area contributed by atoms with Crippen LogP contribution in [0.15, 0.2) is 24.3 Å². The number of nitrogens with one attached hydrogen (secondary N) is 2. The first-order chi connectivity index (χ1) is 10.5. The molecule has 0 bridgehead atoms. The number of carbonyl (C=O) groups is 2. The minimum Gasteiger partial charge on any atom is -0.369 e. The number of hydrogen-bond acceptors (Lipinski definition) is 4. The first-order valence-corrected chi connectivity index (χ1v) is 7.66. The molecule has 1 fully saturated rings. The third-order valence-electron chi connectivity index (χ3n) is 3.88. The van der Waals surface area contributed by atoms with E-state index in [9.17, 15) is 9.59 Å². The summed E-state index contributed by atoms with van der Waals surface area (Å²) in [5.74, 6) is -0.282. The van der Waals surface area contributed by atoms with E-state index in [-0.39, 0.29) is 11.9 Å². The van der Waals surface area contributed by atoms with Crippen LogP contribution in [-0.4, -0.2) is 56.1 Å². The molecular formula is C15H21ClN4O2. The second-order valence-electron chi connectivity index (χ2n) is 5.25. The molecule has 0 unspecified atom stereocenters. The zero-order chi connectivity index (χ0) is 16.1. The maximum Gasteiger partial charge on any atom is 0.321 e. The van der Waals surface area contributed by atoms with Gasteiger partial charge in [-0.2, -0.15) is 0 Å². The van der Waals surface area contributed by atoms with E-state index in [2.05, 4.69) is 20.4 Å². The number of benzene rings is 1. The van der Waals surface area contributed by atoms with Crippen LogP contribution in [-0.2, 0) is 4.79 Å². The van der Waals surface area contributed by atoms with Crippen LogP contribution in [0.2, 0.25) is 5.02 Å². The number of amides is 3. The molecule has 3 amide bonds. The van der Waals surface area contributed by atoms with E-state index in [1.54, 1.807) is 0 Å². The number of rotatable bonds is 3. The third-order valence-corrected chi connectivity index (χ3v) is 4.11. The first-order valence-electron chi connectivity index (χ1n) is 7.28. The summed E-state index contributed by atoms with van der Waals surface area (Å²) in [4.78, 5) is 27.5. The summed E-state index contributed by atoms with van der Waals surface area (Å²) in [5.41, 5.74) is 1.09. The summed E-state index contributed by atoms with van der Waals surface area (Å²) in [6, 6.07) is 6.95. The summed E-state index contributed by atoms with van der Waals surface area (Å²) in [7, 11) is 1.48.